The Morgan fingerprint density at radius 1 is 1.14 bits per heavy atom. The molecule has 0 spiro atoms. The quantitative estimate of drug-likeness (QED) is 0.261. The predicted octanol–water partition coefficient (Wildman–Crippen LogP) is 5.57. The van der Waals surface area contributed by atoms with E-state index in [-0.39, 0.29) is 17.6 Å². The van der Waals surface area contributed by atoms with E-state index >= 15 is 0 Å². The van der Waals surface area contributed by atoms with Gasteiger partial charge in [-0.3, -0.25) is 0 Å². The van der Waals surface area contributed by atoms with Gasteiger partial charge in [0.2, 0.25) is 0 Å². The minimum atomic E-state index is 0.0281. The van der Waals surface area contributed by atoms with E-state index in [1.54, 1.807) is 4.57 Å². The molecule has 0 amide bonds. The molecule has 0 saturated carbocycles. The van der Waals surface area contributed by atoms with Gasteiger partial charge in [-0.1, -0.05) is 23.2 Å². The van der Waals surface area contributed by atoms with Gasteiger partial charge in [-0.2, -0.15) is 0 Å². The van der Waals surface area contributed by atoms with E-state index < -0.39 is 0 Å². The molecule has 0 bridgehead atoms. The second kappa shape index (κ2) is 9.83. The average Bonchev–Trinajstić information content (AvgIpc) is 3.08. The van der Waals surface area contributed by atoms with Crippen LogP contribution in [0.25, 0.3) is 9.69 Å². The summed E-state index contributed by atoms with van der Waals surface area (Å²) in [6.07, 6.45) is 1.33. The molecule has 0 aliphatic heterocycles. The van der Waals surface area contributed by atoms with Gasteiger partial charge in [-0.25, -0.2) is 9.56 Å². The summed E-state index contributed by atoms with van der Waals surface area (Å²) in [6.45, 7) is 22.7. The molecule has 0 N–H and O–H groups in total. The summed E-state index contributed by atoms with van der Waals surface area (Å²) < 4.78 is 6.50. The topological polar surface area (TPSA) is 76.1 Å². The third-order valence-electron chi connectivity index (χ3n) is 4.06. The molecule has 0 aliphatic rings. The summed E-state index contributed by atoms with van der Waals surface area (Å²) >= 11 is 0. The van der Waals surface area contributed by atoms with E-state index in [2.05, 4.69) is 48.6 Å². The Labute approximate surface area is 164 Å². The van der Waals surface area contributed by atoms with Gasteiger partial charge in [0, 0.05) is 18.8 Å². The first-order valence-electron chi connectivity index (χ1n) is 8.84. The molecule has 0 fully saturated rings. The molecular weight excluding hydrogens is 356 g/mol. The minimum absolute atomic E-state index is 0.0281. The Balaban J connectivity index is 2.48. The number of aliphatic imine (C=N–C) groups is 1. The Bertz CT molecular complexity index is 958. The first-order chi connectivity index (χ1) is 13.6. The summed E-state index contributed by atoms with van der Waals surface area (Å²) in [6, 6.07) is 5.69. The fourth-order valence-corrected chi connectivity index (χ4v) is 2.67. The summed E-state index contributed by atoms with van der Waals surface area (Å²) in [7, 11) is 1.52. The lowest BCUT2D eigenvalue weighted by Crippen LogP contribution is -2.21. The van der Waals surface area contributed by atoms with E-state index in [0.29, 0.717) is 17.9 Å². The highest BCUT2D eigenvalue weighted by Crippen LogP contribution is 2.36. The Kier molecular flexibility index (Phi) is 7.23. The van der Waals surface area contributed by atoms with E-state index in [1.807, 2.05) is 25.1 Å². The SMILES string of the molecule is [C-]#[N+]c1nc(N=Nc2ccc(N(CC)CC)cc2N=COC)n(CC)c1[N+]#[C-]. The molecule has 9 heteroatoms. The molecule has 1 aromatic heterocycles. The van der Waals surface area contributed by atoms with Gasteiger partial charge in [0.25, 0.3) is 11.6 Å². The van der Waals surface area contributed by atoms with Crippen LogP contribution < -0.4 is 4.90 Å². The second-order valence-corrected chi connectivity index (χ2v) is 5.54. The normalized spacial score (nSPS) is 10.9. The van der Waals surface area contributed by atoms with Crippen molar-refractivity contribution in [3.05, 3.63) is 41.0 Å². The number of azo groups is 1. The molecule has 0 saturated heterocycles. The van der Waals surface area contributed by atoms with Gasteiger partial charge < -0.3 is 19.3 Å². The van der Waals surface area contributed by atoms with Crippen LogP contribution >= 0.6 is 0 Å². The van der Waals surface area contributed by atoms with Crippen molar-refractivity contribution in [2.75, 3.05) is 25.1 Å². The number of nitrogens with zero attached hydrogens (tertiary/aromatic N) is 8. The Morgan fingerprint density at radius 2 is 1.89 bits per heavy atom. The van der Waals surface area contributed by atoms with Crippen molar-refractivity contribution < 1.29 is 4.74 Å². The van der Waals surface area contributed by atoms with Gasteiger partial charge >= 0.3 is 5.95 Å². The molecule has 0 atom stereocenters. The molecule has 1 heterocycles. The maximum absolute atomic E-state index is 7.26. The van der Waals surface area contributed by atoms with Gasteiger partial charge in [0.15, 0.2) is 6.40 Å². The van der Waals surface area contributed by atoms with Gasteiger partial charge in [-0.05, 0) is 39.0 Å². The van der Waals surface area contributed by atoms with Crippen molar-refractivity contribution in [3.63, 3.8) is 0 Å². The van der Waals surface area contributed by atoms with Crippen LogP contribution in [0.4, 0.5) is 34.6 Å². The first kappa shape index (κ1) is 20.6. The molecule has 28 heavy (non-hydrogen) atoms. The Hall–Kier alpha value is -3.72. The number of anilines is 1. The number of hydrogen-bond donors (Lipinski definition) is 0. The highest BCUT2D eigenvalue weighted by Gasteiger charge is 2.21. The standard InChI is InChI=1S/C19H22N8O/c1-7-26(8-2)14-10-11-15(16(12-14)22-13-28-6)24-25-19-23-17(20-4)18(21-5)27(19)9-3/h10-13H,7-9H2,1-3,6H3. The fraction of sp³-hybridized carbons (Fsp3) is 0.368. The minimum Gasteiger partial charge on any atom is -0.486 e. The van der Waals surface area contributed by atoms with E-state index in [4.69, 9.17) is 17.9 Å². The maximum Gasteiger partial charge on any atom is 0.416 e. The predicted molar refractivity (Wildman–Crippen MR) is 110 cm³/mol. The average molecular weight is 378 g/mol. The summed E-state index contributed by atoms with van der Waals surface area (Å²) in [5.74, 6) is 0.412. The molecule has 9 nitrogen and oxygen atoms in total. The number of hydrogen-bond acceptors (Lipinski definition) is 6. The van der Waals surface area contributed by atoms with Crippen LogP contribution in [0.2, 0.25) is 0 Å². The van der Waals surface area contributed by atoms with Gasteiger partial charge in [0.1, 0.15) is 5.69 Å². The Morgan fingerprint density at radius 3 is 2.46 bits per heavy atom. The molecule has 0 radical (unpaired) electrons. The summed E-state index contributed by atoms with van der Waals surface area (Å²) in [4.78, 5) is 17.3. The zero-order chi connectivity index (χ0) is 20.5. The number of imidazole rings is 1. The highest BCUT2D eigenvalue weighted by molar-refractivity contribution is 5.72. The molecule has 2 rings (SSSR count). The smallest absolute Gasteiger partial charge is 0.416 e. The zero-order valence-corrected chi connectivity index (χ0v) is 16.4. The molecule has 1 aromatic carbocycles. The monoisotopic (exact) mass is 378 g/mol. The van der Waals surface area contributed by atoms with Crippen LogP contribution in [0.1, 0.15) is 20.8 Å². The van der Waals surface area contributed by atoms with Crippen LogP contribution in [0.15, 0.2) is 33.4 Å². The number of aromatic nitrogens is 2. The zero-order valence-electron chi connectivity index (χ0n) is 16.4. The van der Waals surface area contributed by atoms with E-state index in [1.165, 1.54) is 13.5 Å². The van der Waals surface area contributed by atoms with Crippen LogP contribution in [0.5, 0.6) is 0 Å². The largest absolute Gasteiger partial charge is 0.486 e. The van der Waals surface area contributed by atoms with E-state index in [0.717, 1.165) is 18.8 Å². The van der Waals surface area contributed by atoms with E-state index in [9.17, 15) is 0 Å². The molecule has 144 valence electrons. The third kappa shape index (κ3) is 4.33. The highest BCUT2D eigenvalue weighted by atomic mass is 16.5. The first-order valence-corrected chi connectivity index (χ1v) is 8.84. The summed E-state index contributed by atoms with van der Waals surface area (Å²) in [5, 5.41) is 8.43. The number of rotatable bonds is 8. The molecule has 0 unspecified atom stereocenters. The lowest BCUT2D eigenvalue weighted by molar-refractivity contribution is 0.423. The van der Waals surface area contributed by atoms with Crippen LogP contribution in [-0.4, -0.2) is 36.2 Å². The fourth-order valence-electron chi connectivity index (χ4n) is 2.67. The van der Waals surface area contributed by atoms with Crippen molar-refractivity contribution in [2.24, 2.45) is 15.2 Å². The van der Waals surface area contributed by atoms with Crippen molar-refractivity contribution in [1.29, 1.82) is 0 Å². The molecule has 0 aliphatic carbocycles. The van der Waals surface area contributed by atoms with Gasteiger partial charge in [0.05, 0.1) is 19.3 Å². The molecule has 2 aromatic rings. The number of ether oxygens (including phenoxy) is 1. The molecular formula is C19H22N8O. The van der Waals surface area contributed by atoms with Crippen LogP contribution in [-0.2, 0) is 11.3 Å². The van der Waals surface area contributed by atoms with Gasteiger partial charge in [-0.15, -0.1) is 5.11 Å². The lowest BCUT2D eigenvalue weighted by Gasteiger charge is -2.21. The van der Waals surface area contributed by atoms with Crippen molar-refractivity contribution >= 4 is 41.0 Å². The van der Waals surface area contributed by atoms with Crippen LogP contribution in [0, 0.1) is 13.1 Å². The summed E-state index contributed by atoms with van der Waals surface area (Å²) in [5.41, 5.74) is 2.15. The maximum atomic E-state index is 7.26. The number of benzene rings is 1. The van der Waals surface area contributed by atoms with Crippen LogP contribution in [0.3, 0.4) is 0 Å². The second-order valence-electron chi connectivity index (χ2n) is 5.54. The number of methoxy groups -OCH3 is 1. The lowest BCUT2D eigenvalue weighted by atomic mass is 10.2. The van der Waals surface area contributed by atoms with Crippen molar-refractivity contribution in [3.8, 4) is 0 Å². The van der Waals surface area contributed by atoms with Crippen molar-refractivity contribution in [1.82, 2.24) is 9.55 Å². The van der Waals surface area contributed by atoms with Crippen molar-refractivity contribution in [2.45, 2.75) is 27.3 Å². The third-order valence-corrected chi connectivity index (χ3v) is 4.06.